The number of nitrogens with zero attached hydrogens (tertiary/aromatic N) is 1. The molecule has 2 heteroatoms. The van der Waals surface area contributed by atoms with Gasteiger partial charge in [-0.1, -0.05) is 42.0 Å². The van der Waals surface area contributed by atoms with Crippen LogP contribution >= 0.6 is 0 Å². The lowest BCUT2D eigenvalue weighted by molar-refractivity contribution is 0.415. The van der Waals surface area contributed by atoms with Gasteiger partial charge < -0.3 is 9.64 Å². The molecule has 0 unspecified atom stereocenters. The molecular formula is C16H19NO. The molecule has 0 heterocycles. The number of hydrogen-bond donors (Lipinski definition) is 0. The first-order valence-corrected chi connectivity index (χ1v) is 6.05. The maximum absolute atomic E-state index is 5.45. The standard InChI is InChI=1S/C16H19NO/c1-12-8-10-13(11-9-12)14-6-5-7-15(18-4)16(14)17(2)3/h5-11H,1-4H3. The molecule has 0 N–H and O–H groups in total. The van der Waals surface area contributed by atoms with Gasteiger partial charge in [-0.25, -0.2) is 0 Å². The molecule has 0 atom stereocenters. The summed E-state index contributed by atoms with van der Waals surface area (Å²) in [7, 11) is 5.78. The summed E-state index contributed by atoms with van der Waals surface area (Å²) in [4.78, 5) is 2.09. The summed E-state index contributed by atoms with van der Waals surface area (Å²) in [5.74, 6) is 0.901. The van der Waals surface area contributed by atoms with Crippen LogP contribution in [0.4, 0.5) is 5.69 Å². The van der Waals surface area contributed by atoms with Crippen LogP contribution in [0, 0.1) is 6.92 Å². The molecular weight excluding hydrogens is 222 g/mol. The van der Waals surface area contributed by atoms with Crippen molar-refractivity contribution in [2.45, 2.75) is 6.92 Å². The second-order valence-electron chi connectivity index (χ2n) is 4.62. The van der Waals surface area contributed by atoms with E-state index >= 15 is 0 Å². The maximum Gasteiger partial charge on any atom is 0.142 e. The SMILES string of the molecule is COc1cccc(-c2ccc(C)cc2)c1N(C)C. The van der Waals surface area contributed by atoms with Crippen molar-refractivity contribution in [1.29, 1.82) is 0 Å². The lowest BCUT2D eigenvalue weighted by Crippen LogP contribution is -2.11. The first-order valence-electron chi connectivity index (χ1n) is 6.05. The van der Waals surface area contributed by atoms with Crippen LogP contribution in [-0.2, 0) is 0 Å². The van der Waals surface area contributed by atoms with Gasteiger partial charge in [-0.3, -0.25) is 0 Å². The number of methoxy groups -OCH3 is 1. The van der Waals surface area contributed by atoms with Crippen molar-refractivity contribution in [3.8, 4) is 16.9 Å². The van der Waals surface area contributed by atoms with Crippen molar-refractivity contribution in [1.82, 2.24) is 0 Å². The van der Waals surface area contributed by atoms with Gasteiger partial charge in [0.15, 0.2) is 0 Å². The van der Waals surface area contributed by atoms with Gasteiger partial charge in [-0.2, -0.15) is 0 Å². The Balaban J connectivity index is 2.59. The molecule has 2 nitrogen and oxygen atoms in total. The minimum absolute atomic E-state index is 0.901. The minimum Gasteiger partial charge on any atom is -0.495 e. The van der Waals surface area contributed by atoms with E-state index in [2.05, 4.69) is 42.2 Å². The molecule has 0 aliphatic heterocycles. The van der Waals surface area contributed by atoms with Crippen molar-refractivity contribution in [3.05, 3.63) is 48.0 Å². The van der Waals surface area contributed by atoms with E-state index in [-0.39, 0.29) is 0 Å². The predicted molar refractivity (Wildman–Crippen MR) is 77.5 cm³/mol. The van der Waals surface area contributed by atoms with Crippen LogP contribution in [0.1, 0.15) is 5.56 Å². The molecule has 2 aromatic carbocycles. The van der Waals surface area contributed by atoms with Crippen LogP contribution in [0.15, 0.2) is 42.5 Å². The number of anilines is 1. The first kappa shape index (κ1) is 12.5. The van der Waals surface area contributed by atoms with E-state index in [9.17, 15) is 0 Å². The van der Waals surface area contributed by atoms with Crippen LogP contribution in [0.3, 0.4) is 0 Å². The summed E-state index contributed by atoms with van der Waals surface area (Å²) in [6.07, 6.45) is 0. The van der Waals surface area contributed by atoms with Crippen LogP contribution in [-0.4, -0.2) is 21.2 Å². The largest absolute Gasteiger partial charge is 0.495 e. The number of hydrogen-bond acceptors (Lipinski definition) is 2. The Kier molecular flexibility index (Phi) is 3.56. The predicted octanol–water partition coefficient (Wildman–Crippen LogP) is 3.74. The van der Waals surface area contributed by atoms with Gasteiger partial charge in [0, 0.05) is 19.7 Å². The lowest BCUT2D eigenvalue weighted by Gasteiger charge is -2.20. The number of ether oxygens (including phenoxy) is 1. The Labute approximate surface area is 109 Å². The second kappa shape index (κ2) is 5.13. The van der Waals surface area contributed by atoms with E-state index in [1.165, 1.54) is 16.7 Å². The van der Waals surface area contributed by atoms with Gasteiger partial charge in [0.25, 0.3) is 0 Å². The first-order chi connectivity index (χ1) is 8.63. The van der Waals surface area contributed by atoms with Gasteiger partial charge in [0.1, 0.15) is 5.75 Å². The summed E-state index contributed by atoms with van der Waals surface area (Å²) in [5.41, 5.74) is 4.79. The zero-order chi connectivity index (χ0) is 13.1. The molecule has 0 saturated heterocycles. The Morgan fingerprint density at radius 1 is 0.944 bits per heavy atom. The molecule has 0 aliphatic rings. The molecule has 0 aliphatic carbocycles. The van der Waals surface area contributed by atoms with Gasteiger partial charge in [0.05, 0.1) is 12.8 Å². The van der Waals surface area contributed by atoms with E-state index in [0.717, 1.165) is 11.4 Å². The van der Waals surface area contributed by atoms with Gasteiger partial charge in [0.2, 0.25) is 0 Å². The van der Waals surface area contributed by atoms with Crippen molar-refractivity contribution >= 4 is 5.69 Å². The monoisotopic (exact) mass is 241 g/mol. The molecule has 2 aromatic rings. The van der Waals surface area contributed by atoms with Gasteiger partial charge in [-0.15, -0.1) is 0 Å². The highest BCUT2D eigenvalue weighted by molar-refractivity contribution is 5.82. The highest BCUT2D eigenvalue weighted by Gasteiger charge is 2.12. The fraction of sp³-hybridized carbons (Fsp3) is 0.250. The van der Waals surface area contributed by atoms with Crippen LogP contribution in [0.5, 0.6) is 5.75 Å². The highest BCUT2D eigenvalue weighted by Crippen LogP contribution is 2.37. The smallest absolute Gasteiger partial charge is 0.142 e. The molecule has 0 amide bonds. The van der Waals surface area contributed by atoms with E-state index in [1.54, 1.807) is 7.11 Å². The second-order valence-corrected chi connectivity index (χ2v) is 4.62. The number of benzene rings is 2. The van der Waals surface area contributed by atoms with Crippen molar-refractivity contribution < 1.29 is 4.74 Å². The average molecular weight is 241 g/mol. The zero-order valence-electron chi connectivity index (χ0n) is 11.4. The van der Waals surface area contributed by atoms with Crippen molar-refractivity contribution in [2.24, 2.45) is 0 Å². The molecule has 2 rings (SSSR count). The Hall–Kier alpha value is -1.96. The molecule has 0 bridgehead atoms. The Morgan fingerprint density at radius 3 is 2.17 bits per heavy atom. The molecule has 0 spiro atoms. The number of aryl methyl sites for hydroxylation is 1. The quantitative estimate of drug-likeness (QED) is 0.811. The molecule has 18 heavy (non-hydrogen) atoms. The highest BCUT2D eigenvalue weighted by atomic mass is 16.5. The summed E-state index contributed by atoms with van der Waals surface area (Å²) in [6, 6.07) is 14.7. The van der Waals surface area contributed by atoms with Crippen molar-refractivity contribution in [2.75, 3.05) is 26.1 Å². The molecule has 0 fully saturated rings. The molecule has 0 radical (unpaired) electrons. The van der Waals surface area contributed by atoms with Crippen LogP contribution < -0.4 is 9.64 Å². The minimum atomic E-state index is 0.901. The van der Waals surface area contributed by atoms with Crippen LogP contribution in [0.2, 0.25) is 0 Å². The Bertz CT molecular complexity index is 529. The maximum atomic E-state index is 5.45. The third kappa shape index (κ3) is 2.33. The van der Waals surface area contributed by atoms with E-state index in [0.29, 0.717) is 0 Å². The van der Waals surface area contributed by atoms with E-state index < -0.39 is 0 Å². The van der Waals surface area contributed by atoms with Gasteiger partial charge in [-0.05, 0) is 18.6 Å². The van der Waals surface area contributed by atoms with Crippen molar-refractivity contribution in [3.63, 3.8) is 0 Å². The van der Waals surface area contributed by atoms with E-state index in [4.69, 9.17) is 4.74 Å². The van der Waals surface area contributed by atoms with Crippen LogP contribution in [0.25, 0.3) is 11.1 Å². The summed E-state index contributed by atoms with van der Waals surface area (Å²) < 4.78 is 5.45. The number of para-hydroxylation sites is 1. The molecule has 0 aromatic heterocycles. The molecule has 0 saturated carbocycles. The zero-order valence-corrected chi connectivity index (χ0v) is 11.4. The summed E-state index contributed by atoms with van der Waals surface area (Å²) in [5, 5.41) is 0. The fourth-order valence-corrected chi connectivity index (χ4v) is 2.11. The Morgan fingerprint density at radius 2 is 1.61 bits per heavy atom. The van der Waals surface area contributed by atoms with E-state index in [1.807, 2.05) is 26.2 Å². The third-order valence-electron chi connectivity index (χ3n) is 3.03. The normalized spacial score (nSPS) is 10.2. The third-order valence-corrected chi connectivity index (χ3v) is 3.03. The fourth-order valence-electron chi connectivity index (χ4n) is 2.11. The summed E-state index contributed by atoms with van der Waals surface area (Å²) >= 11 is 0. The molecule has 94 valence electrons. The lowest BCUT2D eigenvalue weighted by atomic mass is 10.0. The number of rotatable bonds is 3. The summed E-state index contributed by atoms with van der Waals surface area (Å²) in [6.45, 7) is 2.10. The average Bonchev–Trinajstić information content (AvgIpc) is 2.38. The van der Waals surface area contributed by atoms with Gasteiger partial charge >= 0.3 is 0 Å². The topological polar surface area (TPSA) is 12.5 Å².